The van der Waals surface area contributed by atoms with Crippen molar-refractivity contribution in [1.82, 2.24) is 4.98 Å². The highest BCUT2D eigenvalue weighted by Gasteiger charge is 2.44. The van der Waals surface area contributed by atoms with Crippen molar-refractivity contribution in [3.8, 4) is 11.1 Å². The largest absolute Gasteiger partial charge is 0.384 e. The third-order valence-electron chi connectivity index (χ3n) is 5.02. The Balaban J connectivity index is 2.11. The van der Waals surface area contributed by atoms with Gasteiger partial charge in [0.05, 0.1) is 5.56 Å². The van der Waals surface area contributed by atoms with Gasteiger partial charge in [-0.25, -0.2) is 8.78 Å². The standard InChI is InChI=1S/C22H20F2N4O3/c1-31-22(21(27)30,11-12-2-4-13(5-3-12)20(25)26)19-16(23)8-15(9-17(19)24)14-6-7-28-18(29)10-14/h2-10H,11H2,1H3,(H3,25,26)(H2,27,30)(H,28,29). The normalized spacial score (nSPS) is 12.9. The lowest BCUT2D eigenvalue weighted by atomic mass is 9.84. The number of amides is 1. The maximum Gasteiger partial charge on any atom is 0.254 e. The summed E-state index contributed by atoms with van der Waals surface area (Å²) in [7, 11) is 1.14. The van der Waals surface area contributed by atoms with Gasteiger partial charge < -0.3 is 21.2 Å². The summed E-state index contributed by atoms with van der Waals surface area (Å²) < 4.78 is 35.6. The van der Waals surface area contributed by atoms with Crippen LogP contribution in [0.1, 0.15) is 16.7 Å². The predicted octanol–water partition coefficient (Wildman–Crippen LogP) is 2.17. The van der Waals surface area contributed by atoms with Gasteiger partial charge in [0, 0.05) is 31.4 Å². The summed E-state index contributed by atoms with van der Waals surface area (Å²) >= 11 is 0. The van der Waals surface area contributed by atoms with E-state index in [1.165, 1.54) is 18.3 Å². The van der Waals surface area contributed by atoms with Crippen molar-refractivity contribution in [3.05, 3.63) is 93.4 Å². The molecule has 1 aromatic heterocycles. The lowest BCUT2D eigenvalue weighted by molar-refractivity contribution is -0.142. The number of carbonyl (C=O) groups is 1. The number of hydrogen-bond acceptors (Lipinski definition) is 4. The van der Waals surface area contributed by atoms with Gasteiger partial charge in [-0.15, -0.1) is 0 Å². The van der Waals surface area contributed by atoms with E-state index in [-0.39, 0.29) is 17.8 Å². The zero-order valence-electron chi connectivity index (χ0n) is 16.5. The van der Waals surface area contributed by atoms with Crippen LogP contribution in [-0.4, -0.2) is 23.8 Å². The van der Waals surface area contributed by atoms with Crippen molar-refractivity contribution in [2.24, 2.45) is 11.5 Å². The number of methoxy groups -OCH3 is 1. The molecule has 9 heteroatoms. The predicted molar refractivity (Wildman–Crippen MR) is 111 cm³/mol. The van der Waals surface area contributed by atoms with E-state index in [0.29, 0.717) is 16.7 Å². The number of hydrogen-bond donors (Lipinski definition) is 4. The number of carbonyl (C=O) groups excluding carboxylic acids is 1. The van der Waals surface area contributed by atoms with Crippen molar-refractivity contribution in [2.45, 2.75) is 12.0 Å². The van der Waals surface area contributed by atoms with Crippen LogP contribution in [0.2, 0.25) is 0 Å². The van der Waals surface area contributed by atoms with E-state index in [9.17, 15) is 9.59 Å². The minimum absolute atomic E-state index is 0.116. The first kappa shape index (κ1) is 21.8. The molecular formula is C22H20F2N4O3. The van der Waals surface area contributed by atoms with Crippen LogP contribution in [0.3, 0.4) is 0 Å². The van der Waals surface area contributed by atoms with Gasteiger partial charge in [-0.3, -0.25) is 15.0 Å². The molecule has 2 aromatic carbocycles. The summed E-state index contributed by atoms with van der Waals surface area (Å²) in [5.74, 6) is -3.31. The maximum atomic E-state index is 15.2. The summed E-state index contributed by atoms with van der Waals surface area (Å²) in [4.78, 5) is 26.3. The number of aromatic nitrogens is 1. The van der Waals surface area contributed by atoms with Crippen LogP contribution < -0.4 is 17.0 Å². The summed E-state index contributed by atoms with van der Waals surface area (Å²) in [6, 6.07) is 10.9. The molecule has 3 aromatic rings. The number of amidine groups is 1. The second-order valence-corrected chi connectivity index (χ2v) is 6.94. The van der Waals surface area contributed by atoms with Crippen LogP contribution in [-0.2, 0) is 21.6 Å². The Morgan fingerprint density at radius 2 is 1.68 bits per heavy atom. The van der Waals surface area contributed by atoms with E-state index < -0.39 is 34.3 Å². The minimum Gasteiger partial charge on any atom is -0.384 e. The van der Waals surface area contributed by atoms with Crippen molar-refractivity contribution in [3.63, 3.8) is 0 Å². The zero-order chi connectivity index (χ0) is 22.8. The first-order valence-electron chi connectivity index (χ1n) is 9.15. The molecule has 0 fully saturated rings. The molecule has 0 spiro atoms. The molecule has 0 aliphatic heterocycles. The lowest BCUT2D eigenvalue weighted by Gasteiger charge is -2.30. The number of nitrogens with one attached hydrogen (secondary N) is 2. The highest BCUT2D eigenvalue weighted by Crippen LogP contribution is 2.36. The van der Waals surface area contributed by atoms with E-state index >= 15 is 8.78 Å². The number of halogens is 2. The zero-order valence-corrected chi connectivity index (χ0v) is 16.5. The van der Waals surface area contributed by atoms with E-state index in [0.717, 1.165) is 19.2 Å². The molecule has 160 valence electrons. The molecule has 6 N–H and O–H groups in total. The SMILES string of the molecule is COC(Cc1ccc(C(=N)N)cc1)(C(N)=O)c1c(F)cc(-c2cc[nH]c(=O)c2)cc1F. The van der Waals surface area contributed by atoms with Crippen LogP contribution in [0.5, 0.6) is 0 Å². The van der Waals surface area contributed by atoms with Gasteiger partial charge in [0.1, 0.15) is 17.5 Å². The molecule has 3 rings (SSSR count). The molecule has 0 saturated heterocycles. The first-order valence-corrected chi connectivity index (χ1v) is 9.15. The van der Waals surface area contributed by atoms with Gasteiger partial charge in [0.2, 0.25) is 5.56 Å². The number of ether oxygens (including phenoxy) is 1. The maximum absolute atomic E-state index is 15.2. The number of primary amides is 1. The van der Waals surface area contributed by atoms with Crippen molar-refractivity contribution in [2.75, 3.05) is 7.11 Å². The van der Waals surface area contributed by atoms with Crippen molar-refractivity contribution >= 4 is 11.7 Å². The van der Waals surface area contributed by atoms with Crippen LogP contribution in [0.25, 0.3) is 11.1 Å². The summed E-state index contributed by atoms with van der Waals surface area (Å²) in [5, 5.41) is 7.44. The van der Waals surface area contributed by atoms with E-state index in [4.69, 9.17) is 21.6 Å². The van der Waals surface area contributed by atoms with Crippen LogP contribution >= 0.6 is 0 Å². The highest BCUT2D eigenvalue weighted by molar-refractivity contribution is 5.95. The topological polar surface area (TPSA) is 135 Å². The minimum atomic E-state index is -2.13. The Labute approximate surface area is 176 Å². The Bertz CT molecular complexity index is 1180. The number of pyridine rings is 1. The molecule has 1 atom stereocenters. The number of H-pyrrole nitrogens is 1. The Morgan fingerprint density at radius 1 is 1.06 bits per heavy atom. The number of nitrogens with two attached hydrogens (primary N) is 2. The Kier molecular flexibility index (Phi) is 5.98. The van der Waals surface area contributed by atoms with Gasteiger partial charge in [-0.2, -0.15) is 0 Å². The van der Waals surface area contributed by atoms with Gasteiger partial charge in [-0.05, 0) is 34.9 Å². The van der Waals surface area contributed by atoms with Crippen LogP contribution in [0.4, 0.5) is 8.78 Å². The number of benzene rings is 2. The van der Waals surface area contributed by atoms with Crippen molar-refractivity contribution in [1.29, 1.82) is 5.41 Å². The summed E-state index contributed by atoms with van der Waals surface area (Å²) in [6.07, 6.45) is 1.10. The third kappa shape index (κ3) is 4.22. The molecule has 1 amide bonds. The third-order valence-corrected chi connectivity index (χ3v) is 5.02. The van der Waals surface area contributed by atoms with Crippen LogP contribution in [0.15, 0.2) is 59.5 Å². The quantitative estimate of drug-likeness (QED) is 0.340. The van der Waals surface area contributed by atoms with Gasteiger partial charge in [0.15, 0.2) is 5.60 Å². The van der Waals surface area contributed by atoms with E-state index in [2.05, 4.69) is 4.98 Å². The monoisotopic (exact) mass is 426 g/mol. The number of nitrogen functional groups attached to an aromatic ring is 1. The second kappa shape index (κ2) is 8.49. The fraction of sp³-hybridized carbons (Fsp3) is 0.136. The first-order chi connectivity index (χ1) is 14.7. The Hall–Kier alpha value is -3.85. The van der Waals surface area contributed by atoms with Gasteiger partial charge in [-0.1, -0.05) is 24.3 Å². The fourth-order valence-corrected chi connectivity index (χ4v) is 3.41. The lowest BCUT2D eigenvalue weighted by Crippen LogP contribution is -2.46. The molecule has 1 heterocycles. The molecule has 0 saturated carbocycles. The van der Waals surface area contributed by atoms with E-state index in [1.807, 2.05) is 0 Å². The fourth-order valence-electron chi connectivity index (χ4n) is 3.41. The van der Waals surface area contributed by atoms with Crippen molar-refractivity contribution < 1.29 is 18.3 Å². The summed E-state index contributed by atoms with van der Waals surface area (Å²) in [5.41, 5.74) is 9.15. The molecule has 0 aliphatic carbocycles. The van der Waals surface area contributed by atoms with Crippen LogP contribution in [0, 0.1) is 17.0 Å². The number of rotatable bonds is 7. The molecule has 1 unspecified atom stereocenters. The number of aromatic amines is 1. The van der Waals surface area contributed by atoms with E-state index in [1.54, 1.807) is 24.3 Å². The molecule has 7 nitrogen and oxygen atoms in total. The molecule has 31 heavy (non-hydrogen) atoms. The molecule has 0 radical (unpaired) electrons. The van der Waals surface area contributed by atoms with Gasteiger partial charge in [0.25, 0.3) is 5.91 Å². The smallest absolute Gasteiger partial charge is 0.254 e. The summed E-state index contributed by atoms with van der Waals surface area (Å²) in [6.45, 7) is 0. The average molecular weight is 426 g/mol. The average Bonchev–Trinajstić information content (AvgIpc) is 2.72. The highest BCUT2D eigenvalue weighted by atomic mass is 19.1. The molecule has 0 aliphatic rings. The molecule has 0 bridgehead atoms. The second-order valence-electron chi connectivity index (χ2n) is 6.94. The molecular weight excluding hydrogens is 406 g/mol. The Morgan fingerprint density at radius 3 is 2.16 bits per heavy atom. The van der Waals surface area contributed by atoms with Gasteiger partial charge >= 0.3 is 0 Å².